The van der Waals surface area contributed by atoms with Gasteiger partial charge in [-0.25, -0.2) is 0 Å². The molecule has 5 heteroatoms. The van der Waals surface area contributed by atoms with Crippen molar-refractivity contribution in [3.63, 3.8) is 0 Å². The van der Waals surface area contributed by atoms with Gasteiger partial charge in [-0.1, -0.05) is 22.6 Å². The maximum Gasteiger partial charge on any atom is 0.305 e. The molecule has 5 atom stereocenters. The fourth-order valence-electron chi connectivity index (χ4n) is 3.24. The van der Waals surface area contributed by atoms with Gasteiger partial charge in [-0.05, 0) is 38.0 Å². The van der Waals surface area contributed by atoms with Crippen molar-refractivity contribution in [2.75, 3.05) is 7.11 Å². The zero-order valence-corrected chi connectivity index (χ0v) is 13.4. The lowest BCUT2D eigenvalue weighted by molar-refractivity contribution is -0.140. The number of rotatable bonds is 6. The van der Waals surface area contributed by atoms with Gasteiger partial charge < -0.3 is 14.3 Å². The number of hydrogen-bond donors (Lipinski definition) is 0. The number of carbonyl (C=O) groups is 2. The molecule has 0 N–H and O–H groups in total. The van der Waals surface area contributed by atoms with Crippen LogP contribution in [0.3, 0.4) is 0 Å². The van der Waals surface area contributed by atoms with Crippen molar-refractivity contribution in [2.45, 2.75) is 54.7 Å². The second kappa shape index (κ2) is 7.02. The van der Waals surface area contributed by atoms with Crippen LogP contribution in [0.25, 0.3) is 0 Å². The van der Waals surface area contributed by atoms with Gasteiger partial charge in [-0.3, -0.25) is 4.79 Å². The smallest absolute Gasteiger partial charge is 0.305 e. The van der Waals surface area contributed by atoms with E-state index in [-0.39, 0.29) is 24.1 Å². The zero-order valence-electron chi connectivity index (χ0n) is 11.2. The minimum absolute atomic E-state index is 0.145. The van der Waals surface area contributed by atoms with E-state index in [1.165, 1.54) is 7.11 Å². The van der Waals surface area contributed by atoms with Crippen LogP contribution in [-0.4, -0.2) is 35.5 Å². The molecule has 4 nitrogen and oxygen atoms in total. The monoisotopic (exact) mass is 380 g/mol. The summed E-state index contributed by atoms with van der Waals surface area (Å²) in [7, 11) is 1.42. The molecule has 2 fully saturated rings. The van der Waals surface area contributed by atoms with Gasteiger partial charge in [0.2, 0.25) is 0 Å². The number of halogens is 1. The largest absolute Gasteiger partial charge is 0.469 e. The Hall–Kier alpha value is -0.170. The number of methoxy groups -OCH3 is 1. The molecule has 2 rings (SSSR count). The highest BCUT2D eigenvalue weighted by Crippen LogP contribution is 2.44. The molecule has 19 heavy (non-hydrogen) atoms. The summed E-state index contributed by atoms with van der Waals surface area (Å²) in [5.74, 6) is 0.489. The first kappa shape index (κ1) is 15.2. The third kappa shape index (κ3) is 3.68. The molecule has 1 aliphatic carbocycles. The van der Waals surface area contributed by atoms with Crippen molar-refractivity contribution >= 4 is 34.8 Å². The van der Waals surface area contributed by atoms with Crippen LogP contribution < -0.4 is 0 Å². The van der Waals surface area contributed by atoms with Crippen LogP contribution in [0, 0.1) is 11.8 Å². The molecule has 0 bridgehead atoms. The summed E-state index contributed by atoms with van der Waals surface area (Å²) in [5, 5.41) is 0. The lowest BCUT2D eigenvalue weighted by Gasteiger charge is -2.18. The summed E-state index contributed by atoms with van der Waals surface area (Å²) in [4.78, 5) is 22.1. The third-order valence-electron chi connectivity index (χ3n) is 4.33. The molecule has 108 valence electrons. The topological polar surface area (TPSA) is 52.6 Å². The Kier molecular flexibility index (Phi) is 5.62. The Morgan fingerprint density at radius 3 is 3.00 bits per heavy atom. The molecule has 0 spiro atoms. The van der Waals surface area contributed by atoms with Gasteiger partial charge in [-0.15, -0.1) is 0 Å². The number of alkyl halides is 1. The maximum absolute atomic E-state index is 11.1. The van der Waals surface area contributed by atoms with Crippen LogP contribution >= 0.6 is 22.6 Å². The summed E-state index contributed by atoms with van der Waals surface area (Å²) in [6.45, 7) is 0. The molecule has 5 unspecified atom stereocenters. The Balaban J connectivity index is 1.74. The highest BCUT2D eigenvalue weighted by molar-refractivity contribution is 14.1. The fraction of sp³-hybridized carbons (Fsp3) is 0.857. The van der Waals surface area contributed by atoms with E-state index in [2.05, 4.69) is 27.3 Å². The van der Waals surface area contributed by atoms with Crippen LogP contribution in [0.15, 0.2) is 0 Å². The summed E-state index contributed by atoms with van der Waals surface area (Å²) in [5.41, 5.74) is 0. The predicted molar refractivity (Wildman–Crippen MR) is 79.2 cm³/mol. The summed E-state index contributed by atoms with van der Waals surface area (Å²) >= 11 is 2.42. The number of ether oxygens (including phenoxy) is 2. The average Bonchev–Trinajstić information content (AvgIpc) is 2.97. The number of carbonyl (C=O) groups excluding carboxylic acids is 2. The average molecular weight is 380 g/mol. The van der Waals surface area contributed by atoms with Crippen LogP contribution in [0.4, 0.5) is 0 Å². The molecule has 0 aromatic carbocycles. The van der Waals surface area contributed by atoms with E-state index >= 15 is 0 Å². The van der Waals surface area contributed by atoms with E-state index in [4.69, 9.17) is 4.74 Å². The van der Waals surface area contributed by atoms with Gasteiger partial charge in [0.1, 0.15) is 6.29 Å². The first-order chi connectivity index (χ1) is 9.15. The first-order valence-electron chi connectivity index (χ1n) is 6.97. The van der Waals surface area contributed by atoms with Gasteiger partial charge >= 0.3 is 5.97 Å². The molecule has 1 heterocycles. The van der Waals surface area contributed by atoms with Crippen molar-refractivity contribution in [1.82, 2.24) is 0 Å². The maximum atomic E-state index is 11.1. The summed E-state index contributed by atoms with van der Waals surface area (Å²) < 4.78 is 11.1. The molecule has 1 saturated heterocycles. The van der Waals surface area contributed by atoms with Crippen molar-refractivity contribution < 1.29 is 19.1 Å². The normalized spacial score (nSPS) is 34.8. The summed E-state index contributed by atoms with van der Waals surface area (Å²) in [6.07, 6.45) is 6.94. The summed E-state index contributed by atoms with van der Waals surface area (Å²) in [6, 6.07) is 0. The predicted octanol–water partition coefficient (Wildman–Crippen LogP) is 2.52. The molecular weight excluding hydrogens is 359 g/mol. The lowest BCUT2D eigenvalue weighted by Crippen LogP contribution is -2.21. The second-order valence-electron chi connectivity index (χ2n) is 5.47. The van der Waals surface area contributed by atoms with Gasteiger partial charge in [-0.2, -0.15) is 0 Å². The SMILES string of the molecule is COC(=O)CCCC(I)C1CC2C(C=O)CCC2O1. The standard InChI is InChI=1S/C14H21IO4/c1-18-14(17)4-2-3-11(15)13-7-10-9(8-16)5-6-12(10)19-13/h8-13H,2-7H2,1H3. The number of esters is 1. The van der Waals surface area contributed by atoms with Crippen molar-refractivity contribution in [1.29, 1.82) is 0 Å². The first-order valence-corrected chi connectivity index (χ1v) is 8.22. The van der Waals surface area contributed by atoms with E-state index in [1.807, 2.05) is 0 Å². The number of aldehydes is 1. The van der Waals surface area contributed by atoms with Crippen molar-refractivity contribution in [3.8, 4) is 0 Å². The van der Waals surface area contributed by atoms with Crippen LogP contribution in [0.2, 0.25) is 0 Å². The Labute approximate surface area is 127 Å². The molecule has 0 aromatic rings. The highest BCUT2D eigenvalue weighted by Gasteiger charge is 2.45. The Morgan fingerprint density at radius 1 is 1.53 bits per heavy atom. The molecular formula is C14H21IO4. The van der Waals surface area contributed by atoms with Gasteiger partial charge in [0.25, 0.3) is 0 Å². The quantitative estimate of drug-likeness (QED) is 0.308. The van der Waals surface area contributed by atoms with Crippen LogP contribution in [-0.2, 0) is 19.1 Å². The van der Waals surface area contributed by atoms with Gasteiger partial charge in [0.15, 0.2) is 0 Å². The molecule has 1 saturated carbocycles. The third-order valence-corrected chi connectivity index (χ3v) is 5.76. The molecule has 1 aliphatic heterocycles. The number of fused-ring (bicyclic) bond motifs is 1. The fourth-order valence-corrected chi connectivity index (χ4v) is 4.14. The zero-order chi connectivity index (χ0) is 13.8. The highest BCUT2D eigenvalue weighted by atomic mass is 127. The molecule has 0 amide bonds. The van der Waals surface area contributed by atoms with E-state index in [0.717, 1.165) is 38.4 Å². The van der Waals surface area contributed by atoms with Gasteiger partial charge in [0, 0.05) is 16.3 Å². The van der Waals surface area contributed by atoms with Crippen LogP contribution in [0.5, 0.6) is 0 Å². The van der Waals surface area contributed by atoms with E-state index in [9.17, 15) is 9.59 Å². The van der Waals surface area contributed by atoms with Crippen LogP contribution in [0.1, 0.15) is 38.5 Å². The van der Waals surface area contributed by atoms with E-state index < -0.39 is 0 Å². The van der Waals surface area contributed by atoms with Gasteiger partial charge in [0.05, 0.1) is 19.3 Å². The lowest BCUT2D eigenvalue weighted by atomic mass is 9.91. The Bertz CT molecular complexity index is 333. The molecule has 2 aliphatic rings. The van der Waals surface area contributed by atoms with Crippen molar-refractivity contribution in [2.24, 2.45) is 11.8 Å². The Morgan fingerprint density at radius 2 is 2.32 bits per heavy atom. The second-order valence-corrected chi connectivity index (χ2v) is 7.07. The van der Waals surface area contributed by atoms with E-state index in [1.54, 1.807) is 0 Å². The van der Waals surface area contributed by atoms with E-state index in [0.29, 0.717) is 16.3 Å². The minimum atomic E-state index is -0.145. The molecule has 0 aromatic heterocycles. The van der Waals surface area contributed by atoms with Crippen molar-refractivity contribution in [3.05, 3.63) is 0 Å². The number of hydrogen-bond acceptors (Lipinski definition) is 4. The molecule has 0 radical (unpaired) electrons. The minimum Gasteiger partial charge on any atom is -0.469 e.